The molecule has 2 aliphatic rings. The lowest BCUT2D eigenvalue weighted by atomic mass is 9.90. The smallest absolute Gasteiger partial charge is 0.338 e. The van der Waals surface area contributed by atoms with E-state index in [0.29, 0.717) is 17.5 Å². The van der Waals surface area contributed by atoms with E-state index in [1.54, 1.807) is 0 Å². The Kier molecular flexibility index (Phi) is 6.88. The molecule has 0 saturated carbocycles. The second-order valence-corrected chi connectivity index (χ2v) is 9.24. The maximum Gasteiger partial charge on any atom is 0.338 e. The van der Waals surface area contributed by atoms with Crippen molar-refractivity contribution in [3.05, 3.63) is 65.5 Å². The van der Waals surface area contributed by atoms with Gasteiger partial charge in [-0.15, -0.1) is 0 Å². The van der Waals surface area contributed by atoms with Gasteiger partial charge in [-0.25, -0.2) is 14.1 Å². The van der Waals surface area contributed by atoms with Crippen LogP contribution < -0.4 is 4.90 Å². The first-order valence-corrected chi connectivity index (χ1v) is 11.4. The van der Waals surface area contributed by atoms with Gasteiger partial charge in [-0.3, -0.25) is 19.3 Å². The first-order valence-electron chi connectivity index (χ1n) is 11.4. The Labute approximate surface area is 197 Å². The number of carbonyl (C=O) groups excluding carboxylic acids is 4. The highest BCUT2D eigenvalue weighted by molar-refractivity contribution is 6.22. The number of likely N-dealkylation sites (tertiary alicyclic amines) is 1. The second-order valence-electron chi connectivity index (χ2n) is 9.24. The van der Waals surface area contributed by atoms with Crippen molar-refractivity contribution in [3.8, 4) is 0 Å². The van der Waals surface area contributed by atoms with Gasteiger partial charge in [-0.05, 0) is 66.8 Å². The molecule has 0 N–H and O–H groups in total. The summed E-state index contributed by atoms with van der Waals surface area (Å²) in [6.07, 6.45) is 1.26. The maximum atomic E-state index is 13.1. The predicted molar refractivity (Wildman–Crippen MR) is 123 cm³/mol. The normalized spacial score (nSPS) is 23.3. The minimum Gasteiger partial charge on any atom is -0.454 e. The molecular weight excluding hydrogens is 439 g/mol. The summed E-state index contributed by atoms with van der Waals surface area (Å²) in [5.41, 5.74) is 0.821. The van der Waals surface area contributed by atoms with Crippen LogP contribution in [0.25, 0.3) is 0 Å². The van der Waals surface area contributed by atoms with Crippen molar-refractivity contribution in [1.29, 1.82) is 0 Å². The van der Waals surface area contributed by atoms with Crippen LogP contribution in [-0.4, -0.2) is 54.2 Å². The first-order chi connectivity index (χ1) is 16.2. The number of halogens is 1. The molecule has 2 aromatic carbocycles. The fourth-order valence-corrected chi connectivity index (χ4v) is 4.82. The second kappa shape index (κ2) is 9.85. The van der Waals surface area contributed by atoms with Crippen LogP contribution in [0, 0.1) is 17.7 Å². The highest BCUT2D eigenvalue weighted by Gasteiger charge is 2.44. The molecule has 8 heteroatoms. The quantitative estimate of drug-likeness (QED) is 0.368. The lowest BCUT2D eigenvalue weighted by Gasteiger charge is -2.37. The Balaban J connectivity index is 1.38. The van der Waals surface area contributed by atoms with E-state index in [-0.39, 0.29) is 29.4 Å². The van der Waals surface area contributed by atoms with Crippen LogP contribution in [0.4, 0.5) is 10.1 Å². The minimum absolute atomic E-state index is 0.146. The summed E-state index contributed by atoms with van der Waals surface area (Å²) in [7, 11) is 0. The van der Waals surface area contributed by atoms with Crippen molar-refractivity contribution in [2.45, 2.75) is 32.7 Å². The van der Waals surface area contributed by atoms with Gasteiger partial charge < -0.3 is 4.74 Å². The number of ketones is 1. The number of amides is 2. The number of hydrogen-bond donors (Lipinski definition) is 0. The number of ether oxygens (including phenoxy) is 1. The zero-order chi connectivity index (χ0) is 24.4. The van der Waals surface area contributed by atoms with Gasteiger partial charge in [0.05, 0.1) is 23.7 Å². The number of benzene rings is 2. The fraction of sp³-hybridized carbons (Fsp3) is 0.385. The number of carbonyl (C=O) groups is 4. The number of anilines is 1. The Hall–Kier alpha value is -3.39. The maximum absolute atomic E-state index is 13.1. The van der Waals surface area contributed by atoms with Crippen LogP contribution in [0.3, 0.4) is 0 Å². The zero-order valence-corrected chi connectivity index (χ0v) is 19.2. The highest BCUT2D eigenvalue weighted by atomic mass is 19.1. The largest absolute Gasteiger partial charge is 0.454 e. The summed E-state index contributed by atoms with van der Waals surface area (Å²) in [5.74, 6) is -1.19. The summed E-state index contributed by atoms with van der Waals surface area (Å²) in [4.78, 5) is 53.5. The van der Waals surface area contributed by atoms with Gasteiger partial charge in [0.2, 0.25) is 5.91 Å². The van der Waals surface area contributed by atoms with E-state index in [0.717, 1.165) is 31.6 Å². The van der Waals surface area contributed by atoms with Gasteiger partial charge in [0.15, 0.2) is 12.4 Å². The van der Waals surface area contributed by atoms with E-state index in [4.69, 9.17) is 4.74 Å². The Morgan fingerprint density at radius 3 is 2.15 bits per heavy atom. The van der Waals surface area contributed by atoms with Gasteiger partial charge in [-0.1, -0.05) is 13.8 Å². The monoisotopic (exact) mass is 466 g/mol. The first kappa shape index (κ1) is 23.8. The summed E-state index contributed by atoms with van der Waals surface area (Å²) >= 11 is 0. The average Bonchev–Trinajstić information content (AvgIpc) is 3.11. The van der Waals surface area contributed by atoms with Crippen molar-refractivity contribution in [3.63, 3.8) is 0 Å². The van der Waals surface area contributed by atoms with E-state index >= 15 is 0 Å². The van der Waals surface area contributed by atoms with E-state index < -0.39 is 30.2 Å². The van der Waals surface area contributed by atoms with Crippen LogP contribution in [-0.2, 0) is 14.3 Å². The molecule has 0 spiro atoms. The molecule has 7 nitrogen and oxygen atoms in total. The summed E-state index contributed by atoms with van der Waals surface area (Å²) in [6.45, 7) is 5.43. The molecule has 2 heterocycles. The SMILES string of the molecule is CC1CC(C)CN(C2CC(=O)N(c3ccc(C(=O)OCC(=O)c4ccc(F)cc4)cc3)C2=O)C1. The number of Topliss-reactive ketones (excluding diaryl/α,β-unsaturated/α-hetero) is 1. The van der Waals surface area contributed by atoms with Gasteiger partial charge in [0, 0.05) is 18.7 Å². The predicted octanol–water partition coefficient (Wildman–Crippen LogP) is 3.48. The van der Waals surface area contributed by atoms with Crippen molar-refractivity contribution in [2.75, 3.05) is 24.6 Å². The van der Waals surface area contributed by atoms with Crippen molar-refractivity contribution in [1.82, 2.24) is 4.90 Å². The Bertz CT molecular complexity index is 1090. The van der Waals surface area contributed by atoms with Crippen LogP contribution in [0.2, 0.25) is 0 Å². The van der Waals surface area contributed by atoms with Crippen molar-refractivity contribution < 1.29 is 28.3 Å². The molecule has 4 rings (SSSR count). The number of nitrogens with zero attached hydrogens (tertiary/aromatic N) is 2. The molecular formula is C26H27FN2O5. The lowest BCUT2D eigenvalue weighted by Crippen LogP contribution is -2.48. The number of rotatable bonds is 6. The molecule has 2 amide bonds. The molecule has 0 bridgehead atoms. The number of piperidine rings is 1. The summed E-state index contributed by atoms with van der Waals surface area (Å²) in [6, 6.07) is 10.5. The molecule has 0 aliphatic carbocycles. The van der Waals surface area contributed by atoms with E-state index in [2.05, 4.69) is 18.7 Å². The standard InChI is InChI=1S/C26H27FN2O5/c1-16-11-17(2)14-28(13-16)22-12-24(31)29(25(22)32)21-9-5-19(6-10-21)26(33)34-15-23(30)18-3-7-20(27)8-4-18/h3-10,16-17,22H,11-15H2,1-2H3. The van der Waals surface area contributed by atoms with Crippen molar-refractivity contribution in [2.24, 2.45) is 11.8 Å². The third-order valence-corrected chi connectivity index (χ3v) is 6.32. The zero-order valence-electron chi connectivity index (χ0n) is 19.2. The van der Waals surface area contributed by atoms with Crippen LogP contribution >= 0.6 is 0 Å². The van der Waals surface area contributed by atoms with Crippen LogP contribution in [0.1, 0.15) is 47.4 Å². The topological polar surface area (TPSA) is 84.0 Å². The molecule has 0 aromatic heterocycles. The lowest BCUT2D eigenvalue weighted by molar-refractivity contribution is -0.123. The fourth-order valence-electron chi connectivity index (χ4n) is 4.82. The number of imide groups is 1. The molecule has 3 atom stereocenters. The third-order valence-electron chi connectivity index (χ3n) is 6.32. The molecule has 2 saturated heterocycles. The number of hydrogen-bond acceptors (Lipinski definition) is 6. The molecule has 2 aliphatic heterocycles. The summed E-state index contributed by atoms with van der Waals surface area (Å²) in [5, 5.41) is 0. The van der Waals surface area contributed by atoms with Crippen LogP contribution in [0.5, 0.6) is 0 Å². The molecule has 0 radical (unpaired) electrons. The molecule has 178 valence electrons. The van der Waals surface area contributed by atoms with E-state index in [9.17, 15) is 23.6 Å². The van der Waals surface area contributed by atoms with Gasteiger partial charge in [0.1, 0.15) is 5.82 Å². The van der Waals surface area contributed by atoms with Gasteiger partial charge >= 0.3 is 5.97 Å². The van der Waals surface area contributed by atoms with Gasteiger partial charge in [0.25, 0.3) is 5.91 Å². The molecule has 34 heavy (non-hydrogen) atoms. The molecule has 2 fully saturated rings. The molecule has 3 unspecified atom stereocenters. The van der Waals surface area contributed by atoms with E-state index in [1.165, 1.54) is 41.3 Å². The van der Waals surface area contributed by atoms with E-state index in [1.807, 2.05) is 0 Å². The average molecular weight is 467 g/mol. The number of esters is 1. The Morgan fingerprint density at radius 2 is 1.53 bits per heavy atom. The molecule has 2 aromatic rings. The van der Waals surface area contributed by atoms with Crippen LogP contribution in [0.15, 0.2) is 48.5 Å². The third kappa shape index (κ3) is 5.07. The highest BCUT2D eigenvalue weighted by Crippen LogP contribution is 2.30. The van der Waals surface area contributed by atoms with Gasteiger partial charge in [-0.2, -0.15) is 0 Å². The minimum atomic E-state index is -0.713. The summed E-state index contributed by atoms with van der Waals surface area (Å²) < 4.78 is 18.0. The Morgan fingerprint density at radius 1 is 0.941 bits per heavy atom. The van der Waals surface area contributed by atoms with Crippen molar-refractivity contribution >= 4 is 29.3 Å².